The van der Waals surface area contributed by atoms with Gasteiger partial charge < -0.3 is 24.8 Å². The van der Waals surface area contributed by atoms with E-state index in [0.29, 0.717) is 23.2 Å². The molecule has 0 spiro atoms. The number of benzene rings is 1. The molecule has 2 heterocycles. The number of carbonyl (C=O) groups excluding carboxylic acids is 1. The molecular formula is C17H20N2O4S. The van der Waals surface area contributed by atoms with E-state index in [1.54, 1.807) is 6.92 Å². The van der Waals surface area contributed by atoms with Gasteiger partial charge in [-0.05, 0) is 32.1 Å². The van der Waals surface area contributed by atoms with Crippen LogP contribution in [0.1, 0.15) is 25.5 Å². The highest BCUT2D eigenvalue weighted by Crippen LogP contribution is 2.48. The van der Waals surface area contributed by atoms with E-state index < -0.39 is 11.6 Å². The zero-order valence-corrected chi connectivity index (χ0v) is 14.4. The summed E-state index contributed by atoms with van der Waals surface area (Å²) in [4.78, 5) is 12.6. The molecule has 1 aromatic carbocycles. The van der Waals surface area contributed by atoms with Gasteiger partial charge in [0.2, 0.25) is 0 Å². The van der Waals surface area contributed by atoms with Crippen molar-refractivity contribution in [3.63, 3.8) is 0 Å². The number of hydrogen-bond acceptors (Lipinski definition) is 5. The van der Waals surface area contributed by atoms with Crippen LogP contribution in [0.15, 0.2) is 30.9 Å². The average Bonchev–Trinajstić information content (AvgIpc) is 2.52. The summed E-state index contributed by atoms with van der Waals surface area (Å²) in [5, 5.41) is 6.65. The summed E-state index contributed by atoms with van der Waals surface area (Å²) < 4.78 is 17.1. The van der Waals surface area contributed by atoms with Gasteiger partial charge >= 0.3 is 5.97 Å². The van der Waals surface area contributed by atoms with Gasteiger partial charge in [0.25, 0.3) is 0 Å². The van der Waals surface area contributed by atoms with Crippen molar-refractivity contribution >= 4 is 23.3 Å². The maximum absolute atomic E-state index is 12.6. The maximum Gasteiger partial charge on any atom is 0.317 e. The topological polar surface area (TPSA) is 68.8 Å². The molecule has 0 aromatic heterocycles. The first kappa shape index (κ1) is 16.6. The molecule has 0 aliphatic carbocycles. The molecule has 7 heteroatoms. The van der Waals surface area contributed by atoms with Crippen LogP contribution in [0.25, 0.3) is 0 Å². The van der Waals surface area contributed by atoms with Crippen molar-refractivity contribution < 1.29 is 19.0 Å². The van der Waals surface area contributed by atoms with E-state index in [1.165, 1.54) is 6.08 Å². The van der Waals surface area contributed by atoms with Crippen LogP contribution in [-0.2, 0) is 9.53 Å². The third kappa shape index (κ3) is 2.69. The fourth-order valence-corrected chi connectivity index (χ4v) is 3.52. The third-order valence-corrected chi connectivity index (χ3v) is 4.35. The van der Waals surface area contributed by atoms with Crippen LogP contribution in [0, 0.1) is 5.92 Å². The van der Waals surface area contributed by atoms with Crippen LogP contribution in [0.4, 0.5) is 0 Å². The van der Waals surface area contributed by atoms with E-state index >= 15 is 0 Å². The van der Waals surface area contributed by atoms with E-state index in [9.17, 15) is 4.79 Å². The molecule has 0 saturated carbocycles. The standard InChI is InChI=1S/C17H20N2O4S/c1-4-9-22-15(20)12-13-10-7-6-8-11(21-5-2)14(10)23-17(12,3)19-16(24)18-13/h4,6-8,12-13H,1,5,9H2,2-3H3,(H2,18,19,24). The molecule has 3 unspecified atom stereocenters. The fourth-order valence-electron chi connectivity index (χ4n) is 3.19. The summed E-state index contributed by atoms with van der Waals surface area (Å²) >= 11 is 5.27. The number of hydrogen-bond donors (Lipinski definition) is 2. The first-order valence-electron chi connectivity index (χ1n) is 7.81. The molecule has 128 valence electrons. The summed E-state index contributed by atoms with van der Waals surface area (Å²) in [7, 11) is 0. The summed E-state index contributed by atoms with van der Waals surface area (Å²) in [6, 6.07) is 5.26. The van der Waals surface area contributed by atoms with Crippen molar-refractivity contribution in [3.8, 4) is 11.5 Å². The van der Waals surface area contributed by atoms with E-state index in [0.717, 1.165) is 5.56 Å². The summed E-state index contributed by atoms with van der Waals surface area (Å²) in [5.41, 5.74) is -0.200. The molecule has 2 aliphatic heterocycles. The zero-order chi connectivity index (χ0) is 17.3. The Kier molecular flexibility index (Phi) is 4.36. The minimum atomic E-state index is -1.02. The smallest absolute Gasteiger partial charge is 0.317 e. The number of rotatable bonds is 5. The Morgan fingerprint density at radius 1 is 1.54 bits per heavy atom. The van der Waals surface area contributed by atoms with Gasteiger partial charge in [0, 0.05) is 5.56 Å². The Balaban J connectivity index is 2.06. The van der Waals surface area contributed by atoms with Crippen LogP contribution in [-0.4, -0.2) is 30.0 Å². The number of ether oxygens (including phenoxy) is 3. The van der Waals surface area contributed by atoms with E-state index in [4.69, 9.17) is 26.4 Å². The first-order chi connectivity index (χ1) is 11.5. The van der Waals surface area contributed by atoms with Gasteiger partial charge in [0.05, 0.1) is 12.6 Å². The lowest BCUT2D eigenvalue weighted by Gasteiger charge is -2.50. The highest BCUT2D eigenvalue weighted by molar-refractivity contribution is 7.80. The molecular weight excluding hydrogens is 328 g/mol. The predicted octanol–water partition coefficient (Wildman–Crippen LogP) is 2.06. The molecule has 3 rings (SSSR count). The second-order valence-corrected chi connectivity index (χ2v) is 6.20. The van der Waals surface area contributed by atoms with Crippen molar-refractivity contribution in [1.29, 1.82) is 0 Å². The van der Waals surface area contributed by atoms with Crippen LogP contribution >= 0.6 is 12.2 Å². The molecule has 1 fully saturated rings. The molecule has 1 aromatic rings. The Hall–Kier alpha value is -2.28. The Labute approximate surface area is 146 Å². The quantitative estimate of drug-likeness (QED) is 0.479. The minimum Gasteiger partial charge on any atom is -0.490 e. The minimum absolute atomic E-state index is 0.147. The molecule has 1 saturated heterocycles. The van der Waals surface area contributed by atoms with E-state index in [1.807, 2.05) is 25.1 Å². The fraction of sp³-hybridized carbons (Fsp3) is 0.412. The number of esters is 1. The Morgan fingerprint density at radius 3 is 3.04 bits per heavy atom. The van der Waals surface area contributed by atoms with Gasteiger partial charge in [-0.15, -0.1) is 0 Å². The van der Waals surface area contributed by atoms with Crippen molar-refractivity contribution in [2.24, 2.45) is 5.92 Å². The van der Waals surface area contributed by atoms with Gasteiger partial charge in [-0.3, -0.25) is 4.79 Å². The van der Waals surface area contributed by atoms with Gasteiger partial charge in [-0.2, -0.15) is 0 Å². The van der Waals surface area contributed by atoms with Gasteiger partial charge in [-0.25, -0.2) is 0 Å². The van der Waals surface area contributed by atoms with Gasteiger partial charge in [-0.1, -0.05) is 24.8 Å². The van der Waals surface area contributed by atoms with Gasteiger partial charge in [0.1, 0.15) is 12.5 Å². The lowest BCUT2D eigenvalue weighted by molar-refractivity contribution is -0.161. The van der Waals surface area contributed by atoms with Crippen LogP contribution < -0.4 is 20.1 Å². The van der Waals surface area contributed by atoms with Crippen molar-refractivity contribution in [2.75, 3.05) is 13.2 Å². The van der Waals surface area contributed by atoms with Crippen LogP contribution in [0.3, 0.4) is 0 Å². The highest BCUT2D eigenvalue weighted by atomic mass is 32.1. The number of para-hydroxylation sites is 1. The maximum atomic E-state index is 12.6. The van der Waals surface area contributed by atoms with Crippen molar-refractivity contribution in [2.45, 2.75) is 25.6 Å². The predicted molar refractivity (Wildman–Crippen MR) is 92.9 cm³/mol. The summed E-state index contributed by atoms with van der Waals surface area (Å²) in [6.45, 7) is 7.94. The molecule has 3 atom stereocenters. The second kappa shape index (κ2) is 6.32. The van der Waals surface area contributed by atoms with E-state index in [2.05, 4.69) is 17.2 Å². The Bertz CT molecular complexity index is 693. The van der Waals surface area contributed by atoms with Gasteiger partial charge in [0.15, 0.2) is 22.3 Å². The molecule has 2 bridgehead atoms. The zero-order valence-electron chi connectivity index (χ0n) is 13.6. The van der Waals surface area contributed by atoms with Crippen molar-refractivity contribution in [3.05, 3.63) is 36.4 Å². The molecule has 2 aliphatic rings. The molecule has 24 heavy (non-hydrogen) atoms. The summed E-state index contributed by atoms with van der Waals surface area (Å²) in [6.07, 6.45) is 1.53. The van der Waals surface area contributed by atoms with E-state index in [-0.39, 0.29) is 18.6 Å². The highest BCUT2D eigenvalue weighted by Gasteiger charge is 2.56. The normalized spacial score (nSPS) is 27.0. The summed E-state index contributed by atoms with van der Waals surface area (Å²) in [5.74, 6) is 0.272. The average molecular weight is 348 g/mol. The lowest BCUT2D eigenvalue weighted by atomic mass is 9.80. The number of thiocarbonyl (C=S) groups is 1. The first-order valence-corrected chi connectivity index (χ1v) is 8.22. The lowest BCUT2D eigenvalue weighted by Crippen LogP contribution is -2.70. The molecule has 0 amide bonds. The second-order valence-electron chi connectivity index (χ2n) is 5.79. The largest absolute Gasteiger partial charge is 0.490 e. The molecule has 6 nitrogen and oxygen atoms in total. The monoisotopic (exact) mass is 348 g/mol. The van der Waals surface area contributed by atoms with Crippen LogP contribution in [0.2, 0.25) is 0 Å². The molecule has 0 radical (unpaired) electrons. The third-order valence-electron chi connectivity index (χ3n) is 4.13. The number of nitrogens with one attached hydrogen (secondary N) is 2. The van der Waals surface area contributed by atoms with Crippen LogP contribution in [0.5, 0.6) is 11.5 Å². The Morgan fingerprint density at radius 2 is 2.33 bits per heavy atom. The van der Waals surface area contributed by atoms with Crippen molar-refractivity contribution in [1.82, 2.24) is 10.6 Å². The number of fused-ring (bicyclic) bond motifs is 4. The molecule has 2 N–H and O–H groups in total. The SMILES string of the molecule is C=CCOC(=O)C1C2NC(=S)NC1(C)Oc1c(OCC)cccc12. The number of carbonyl (C=O) groups is 1.